The van der Waals surface area contributed by atoms with Crippen LogP contribution in [0.25, 0.3) is 0 Å². The van der Waals surface area contributed by atoms with Crippen LogP contribution in [-0.4, -0.2) is 16.0 Å². The highest BCUT2D eigenvalue weighted by atomic mass is 32.2. The first-order valence-electron chi connectivity index (χ1n) is 6.59. The van der Waals surface area contributed by atoms with Crippen LogP contribution in [0.4, 0.5) is 0 Å². The highest BCUT2D eigenvalue weighted by Gasteiger charge is 2.20. The van der Waals surface area contributed by atoms with E-state index in [-0.39, 0.29) is 0 Å². The lowest BCUT2D eigenvalue weighted by Gasteiger charge is -2.08. The van der Waals surface area contributed by atoms with Crippen molar-refractivity contribution in [2.45, 2.75) is 42.4 Å². The number of nitrogens with one attached hydrogen (secondary N) is 1. The van der Waals surface area contributed by atoms with Crippen LogP contribution in [0, 0.1) is 6.92 Å². The van der Waals surface area contributed by atoms with E-state index in [1.54, 1.807) is 24.2 Å². The Balaban J connectivity index is 1.67. The van der Waals surface area contributed by atoms with Crippen LogP contribution in [0.2, 0.25) is 0 Å². The van der Waals surface area contributed by atoms with Gasteiger partial charge < -0.3 is 5.32 Å². The van der Waals surface area contributed by atoms with Gasteiger partial charge in [-0.1, -0.05) is 6.07 Å². The second kappa shape index (κ2) is 5.72. The molecule has 1 aromatic heterocycles. The average molecular weight is 271 g/mol. The van der Waals surface area contributed by atoms with Gasteiger partial charge in [0, 0.05) is 29.9 Å². The zero-order valence-corrected chi connectivity index (χ0v) is 11.8. The summed E-state index contributed by atoms with van der Waals surface area (Å²) in [7, 11) is 0. The number of hydrogen-bond acceptors (Lipinski definition) is 4. The van der Waals surface area contributed by atoms with Gasteiger partial charge in [-0.25, -0.2) is 9.97 Å². The molecular formula is C15H17N3S. The monoisotopic (exact) mass is 271 g/mol. The molecule has 0 atom stereocenters. The van der Waals surface area contributed by atoms with Gasteiger partial charge in [0.1, 0.15) is 0 Å². The Morgan fingerprint density at radius 3 is 2.74 bits per heavy atom. The number of benzene rings is 1. The van der Waals surface area contributed by atoms with E-state index >= 15 is 0 Å². The van der Waals surface area contributed by atoms with Crippen molar-refractivity contribution in [3.8, 4) is 0 Å². The zero-order chi connectivity index (χ0) is 13.1. The third-order valence-corrected chi connectivity index (χ3v) is 4.11. The van der Waals surface area contributed by atoms with Gasteiger partial charge in [-0.2, -0.15) is 0 Å². The molecule has 3 rings (SSSR count). The van der Waals surface area contributed by atoms with Gasteiger partial charge in [0.25, 0.3) is 0 Å². The minimum Gasteiger partial charge on any atom is -0.310 e. The molecule has 0 spiro atoms. The third kappa shape index (κ3) is 3.55. The summed E-state index contributed by atoms with van der Waals surface area (Å²) in [4.78, 5) is 9.66. The van der Waals surface area contributed by atoms with E-state index in [4.69, 9.17) is 0 Å². The van der Waals surface area contributed by atoms with Gasteiger partial charge in [-0.15, -0.1) is 0 Å². The molecule has 4 heteroatoms. The molecule has 0 saturated heterocycles. The van der Waals surface area contributed by atoms with Crippen molar-refractivity contribution in [3.05, 3.63) is 47.8 Å². The standard InChI is InChI=1S/C15H17N3S/c1-11-9-14(19-15-16-7-2-8-17-15)6-3-12(11)10-18-13-4-5-13/h2-3,6-9,13,18H,4-5,10H2,1H3. The van der Waals surface area contributed by atoms with E-state index < -0.39 is 0 Å². The second-order valence-corrected chi connectivity index (χ2v) is 5.92. The van der Waals surface area contributed by atoms with Gasteiger partial charge in [0.05, 0.1) is 0 Å². The smallest absolute Gasteiger partial charge is 0.192 e. The fourth-order valence-corrected chi connectivity index (χ4v) is 2.73. The van der Waals surface area contributed by atoms with Crippen molar-refractivity contribution in [2.75, 3.05) is 0 Å². The van der Waals surface area contributed by atoms with Crippen LogP contribution in [-0.2, 0) is 6.54 Å². The van der Waals surface area contributed by atoms with E-state index in [1.807, 2.05) is 6.07 Å². The van der Waals surface area contributed by atoms with Crippen LogP contribution in [0.15, 0.2) is 46.7 Å². The molecule has 1 heterocycles. The first-order valence-corrected chi connectivity index (χ1v) is 7.41. The maximum Gasteiger partial charge on any atom is 0.192 e. The van der Waals surface area contributed by atoms with Crippen molar-refractivity contribution in [1.29, 1.82) is 0 Å². The molecule has 19 heavy (non-hydrogen) atoms. The van der Waals surface area contributed by atoms with Crippen molar-refractivity contribution < 1.29 is 0 Å². The number of nitrogens with zero attached hydrogens (tertiary/aromatic N) is 2. The summed E-state index contributed by atoms with van der Waals surface area (Å²) in [6.45, 7) is 3.14. The Morgan fingerprint density at radius 2 is 2.05 bits per heavy atom. The lowest BCUT2D eigenvalue weighted by atomic mass is 10.1. The summed E-state index contributed by atoms with van der Waals surface area (Å²) in [6.07, 6.45) is 6.21. The maximum atomic E-state index is 4.23. The average Bonchev–Trinajstić information content (AvgIpc) is 3.23. The molecule has 0 amide bonds. The number of aryl methyl sites for hydroxylation is 1. The van der Waals surface area contributed by atoms with Crippen LogP contribution in [0.1, 0.15) is 24.0 Å². The fourth-order valence-electron chi connectivity index (χ4n) is 1.92. The predicted octanol–water partition coefficient (Wildman–Crippen LogP) is 3.19. The van der Waals surface area contributed by atoms with Crippen LogP contribution < -0.4 is 5.32 Å². The molecule has 1 N–H and O–H groups in total. The number of aromatic nitrogens is 2. The highest BCUT2D eigenvalue weighted by Crippen LogP contribution is 2.26. The van der Waals surface area contributed by atoms with Crippen molar-refractivity contribution in [2.24, 2.45) is 0 Å². The van der Waals surface area contributed by atoms with Gasteiger partial charge in [-0.05, 0) is 60.9 Å². The Kier molecular flexibility index (Phi) is 3.80. The lowest BCUT2D eigenvalue weighted by molar-refractivity contribution is 0.685. The normalized spacial score (nSPS) is 14.6. The predicted molar refractivity (Wildman–Crippen MR) is 77.2 cm³/mol. The maximum absolute atomic E-state index is 4.23. The van der Waals surface area contributed by atoms with Gasteiger partial charge >= 0.3 is 0 Å². The largest absolute Gasteiger partial charge is 0.310 e. The molecule has 0 radical (unpaired) electrons. The van der Waals surface area contributed by atoms with Crippen LogP contribution in [0.5, 0.6) is 0 Å². The molecule has 2 aromatic rings. The summed E-state index contributed by atoms with van der Waals surface area (Å²) in [5.41, 5.74) is 2.71. The fraction of sp³-hybridized carbons (Fsp3) is 0.333. The van der Waals surface area contributed by atoms with E-state index in [0.717, 1.165) is 17.7 Å². The first kappa shape index (κ1) is 12.6. The summed E-state index contributed by atoms with van der Waals surface area (Å²) in [5.74, 6) is 0. The summed E-state index contributed by atoms with van der Waals surface area (Å²) in [6, 6.07) is 9.16. The molecule has 0 bridgehead atoms. The quantitative estimate of drug-likeness (QED) is 0.848. The SMILES string of the molecule is Cc1cc(Sc2ncccn2)ccc1CNC1CC1. The molecule has 1 fully saturated rings. The van der Waals surface area contributed by atoms with E-state index in [1.165, 1.54) is 28.9 Å². The minimum absolute atomic E-state index is 0.756. The topological polar surface area (TPSA) is 37.8 Å². The Morgan fingerprint density at radius 1 is 1.26 bits per heavy atom. The van der Waals surface area contributed by atoms with Gasteiger partial charge in [0.2, 0.25) is 0 Å². The molecule has 1 aromatic carbocycles. The van der Waals surface area contributed by atoms with Crippen molar-refractivity contribution in [1.82, 2.24) is 15.3 Å². The zero-order valence-electron chi connectivity index (χ0n) is 11.0. The molecule has 0 aliphatic heterocycles. The molecule has 1 saturated carbocycles. The van der Waals surface area contributed by atoms with Crippen LogP contribution >= 0.6 is 11.8 Å². The number of hydrogen-bond donors (Lipinski definition) is 1. The Labute approximate surface area is 117 Å². The molecule has 98 valence electrons. The van der Waals surface area contributed by atoms with E-state index in [9.17, 15) is 0 Å². The second-order valence-electron chi connectivity index (χ2n) is 4.88. The molecular weight excluding hydrogens is 254 g/mol. The Hall–Kier alpha value is -1.39. The van der Waals surface area contributed by atoms with E-state index in [0.29, 0.717) is 0 Å². The van der Waals surface area contributed by atoms with Crippen molar-refractivity contribution in [3.63, 3.8) is 0 Å². The summed E-state index contributed by atoms with van der Waals surface area (Å²) >= 11 is 1.60. The molecule has 0 unspecified atom stereocenters. The minimum atomic E-state index is 0.756. The van der Waals surface area contributed by atoms with E-state index in [2.05, 4.69) is 40.4 Å². The van der Waals surface area contributed by atoms with Crippen LogP contribution in [0.3, 0.4) is 0 Å². The Bertz CT molecular complexity index is 553. The van der Waals surface area contributed by atoms with Crippen molar-refractivity contribution >= 4 is 11.8 Å². The molecule has 3 nitrogen and oxygen atoms in total. The van der Waals surface area contributed by atoms with Gasteiger partial charge in [-0.3, -0.25) is 0 Å². The van der Waals surface area contributed by atoms with Gasteiger partial charge in [0.15, 0.2) is 5.16 Å². The summed E-state index contributed by atoms with van der Waals surface area (Å²) < 4.78 is 0. The highest BCUT2D eigenvalue weighted by molar-refractivity contribution is 7.99. The molecule has 1 aliphatic rings. The summed E-state index contributed by atoms with van der Waals surface area (Å²) in [5, 5.41) is 4.35. The number of rotatable bonds is 5. The first-order chi connectivity index (χ1) is 9.31. The molecule has 1 aliphatic carbocycles. The third-order valence-electron chi connectivity index (χ3n) is 3.22. The lowest BCUT2D eigenvalue weighted by Crippen LogP contribution is -2.15.